The zero-order valence-electron chi connectivity index (χ0n) is 16.3. The van der Waals surface area contributed by atoms with E-state index in [2.05, 4.69) is 4.90 Å². The zero-order valence-corrected chi connectivity index (χ0v) is 16.3. The van der Waals surface area contributed by atoms with Crippen molar-refractivity contribution in [3.63, 3.8) is 0 Å². The van der Waals surface area contributed by atoms with E-state index in [9.17, 15) is 19.5 Å². The molecule has 28 heavy (non-hydrogen) atoms. The first-order chi connectivity index (χ1) is 13.4. The summed E-state index contributed by atoms with van der Waals surface area (Å²) in [7, 11) is 1.96. The molecule has 2 amide bonds. The molecule has 3 saturated heterocycles. The molecule has 3 aliphatic rings. The van der Waals surface area contributed by atoms with Gasteiger partial charge in [0.05, 0.1) is 5.41 Å². The van der Waals surface area contributed by atoms with Crippen LogP contribution in [0.1, 0.15) is 42.5 Å². The van der Waals surface area contributed by atoms with Crippen LogP contribution in [-0.4, -0.2) is 72.0 Å². The van der Waals surface area contributed by atoms with E-state index in [0.717, 1.165) is 31.6 Å². The van der Waals surface area contributed by atoms with Gasteiger partial charge in [-0.3, -0.25) is 14.4 Å². The highest BCUT2D eigenvalue weighted by atomic mass is 16.4. The first-order valence-electron chi connectivity index (χ1n) is 10.1. The number of carboxylic acid groups (broad SMARTS) is 1. The smallest absolute Gasteiger partial charge is 0.311 e. The minimum Gasteiger partial charge on any atom is -0.481 e. The third kappa shape index (κ3) is 3.07. The van der Waals surface area contributed by atoms with Gasteiger partial charge in [0, 0.05) is 43.3 Å². The number of likely N-dealkylation sites (N-methyl/N-ethyl adjacent to an activating group) is 1. The molecule has 0 aromatic heterocycles. The Morgan fingerprint density at radius 1 is 1.07 bits per heavy atom. The number of fused-ring (bicyclic) bond motifs is 1. The van der Waals surface area contributed by atoms with Crippen LogP contribution < -0.4 is 4.90 Å². The van der Waals surface area contributed by atoms with Crippen LogP contribution in [0.5, 0.6) is 0 Å². The number of rotatable bonds is 3. The summed E-state index contributed by atoms with van der Waals surface area (Å²) in [6.07, 6.45) is 3.49. The number of carboxylic acids is 1. The summed E-state index contributed by atoms with van der Waals surface area (Å²) in [5.41, 5.74) is 0.662. The Labute approximate surface area is 164 Å². The van der Waals surface area contributed by atoms with Gasteiger partial charge in [0.15, 0.2) is 0 Å². The van der Waals surface area contributed by atoms with Crippen LogP contribution in [0.15, 0.2) is 24.3 Å². The van der Waals surface area contributed by atoms with Crippen LogP contribution >= 0.6 is 0 Å². The first kappa shape index (κ1) is 18.9. The van der Waals surface area contributed by atoms with E-state index in [0.29, 0.717) is 37.9 Å². The van der Waals surface area contributed by atoms with Crippen molar-refractivity contribution in [1.82, 2.24) is 9.80 Å². The molecule has 2 atom stereocenters. The van der Waals surface area contributed by atoms with Gasteiger partial charge in [0.2, 0.25) is 5.91 Å². The highest BCUT2D eigenvalue weighted by Crippen LogP contribution is 2.42. The van der Waals surface area contributed by atoms with Crippen molar-refractivity contribution in [1.29, 1.82) is 0 Å². The van der Waals surface area contributed by atoms with Gasteiger partial charge in [-0.25, -0.2) is 0 Å². The summed E-state index contributed by atoms with van der Waals surface area (Å²) < 4.78 is 0. The number of benzene rings is 1. The molecule has 0 bridgehead atoms. The standard InChI is InChI=1S/C21H27N3O4/c1-22-11-3-9-21(20(27)28)10-13-23(14-17(21)22)19(26)15-5-7-16(8-6-15)24-12-2-4-18(24)25/h5-8,17H,2-4,9-14H2,1H3,(H,27,28)/t17-,21+/m1/s1. The normalized spacial score (nSPS) is 28.3. The Bertz CT molecular complexity index is 793. The van der Waals surface area contributed by atoms with Crippen LogP contribution in [0.2, 0.25) is 0 Å². The molecule has 7 nitrogen and oxygen atoms in total. The number of nitrogens with zero attached hydrogens (tertiary/aromatic N) is 3. The van der Waals surface area contributed by atoms with Crippen molar-refractivity contribution in [2.24, 2.45) is 5.41 Å². The second-order valence-electron chi connectivity index (χ2n) is 8.26. The lowest BCUT2D eigenvalue weighted by Gasteiger charge is -2.51. The van der Waals surface area contributed by atoms with Gasteiger partial charge in [0.1, 0.15) is 0 Å². The predicted molar refractivity (Wildman–Crippen MR) is 104 cm³/mol. The molecule has 7 heteroatoms. The molecule has 0 aliphatic carbocycles. The quantitative estimate of drug-likeness (QED) is 0.858. The Morgan fingerprint density at radius 2 is 1.82 bits per heavy atom. The van der Waals surface area contributed by atoms with E-state index >= 15 is 0 Å². The summed E-state index contributed by atoms with van der Waals surface area (Å²) in [6, 6.07) is 7.04. The summed E-state index contributed by atoms with van der Waals surface area (Å²) >= 11 is 0. The van der Waals surface area contributed by atoms with Crippen molar-refractivity contribution < 1.29 is 19.5 Å². The van der Waals surface area contributed by atoms with E-state index in [1.165, 1.54) is 0 Å². The van der Waals surface area contributed by atoms with E-state index < -0.39 is 11.4 Å². The minimum atomic E-state index is -0.746. The number of amides is 2. The number of aliphatic carboxylic acids is 1. The number of anilines is 1. The number of carbonyl (C=O) groups is 3. The van der Waals surface area contributed by atoms with Gasteiger partial charge in [-0.1, -0.05) is 0 Å². The number of carbonyl (C=O) groups excluding carboxylic acids is 2. The fourth-order valence-corrected chi connectivity index (χ4v) is 5.06. The molecule has 0 radical (unpaired) electrons. The van der Waals surface area contributed by atoms with Gasteiger partial charge in [-0.15, -0.1) is 0 Å². The van der Waals surface area contributed by atoms with Gasteiger partial charge >= 0.3 is 5.97 Å². The molecule has 0 unspecified atom stereocenters. The zero-order chi connectivity index (χ0) is 19.9. The summed E-state index contributed by atoms with van der Waals surface area (Å²) in [4.78, 5) is 42.6. The monoisotopic (exact) mass is 385 g/mol. The van der Waals surface area contributed by atoms with Crippen molar-refractivity contribution >= 4 is 23.5 Å². The highest BCUT2D eigenvalue weighted by molar-refractivity contribution is 5.97. The van der Waals surface area contributed by atoms with E-state index in [1.807, 2.05) is 19.2 Å². The van der Waals surface area contributed by atoms with Crippen molar-refractivity contribution in [2.75, 3.05) is 38.1 Å². The summed E-state index contributed by atoms with van der Waals surface area (Å²) in [6.45, 7) is 2.49. The minimum absolute atomic E-state index is 0.0720. The van der Waals surface area contributed by atoms with Crippen LogP contribution in [0, 0.1) is 5.41 Å². The maximum Gasteiger partial charge on any atom is 0.311 e. The Hall–Kier alpha value is -2.41. The SMILES string of the molecule is CN1CCC[C@]2(C(=O)O)CCN(C(=O)c3ccc(N4CCCC4=O)cc3)C[C@@H]12. The summed E-state index contributed by atoms with van der Waals surface area (Å²) in [5, 5.41) is 9.88. The molecule has 0 saturated carbocycles. The average molecular weight is 385 g/mol. The fourth-order valence-electron chi connectivity index (χ4n) is 5.06. The lowest BCUT2D eigenvalue weighted by molar-refractivity contribution is -0.161. The van der Waals surface area contributed by atoms with Crippen molar-refractivity contribution in [2.45, 2.75) is 38.1 Å². The molecule has 0 spiro atoms. The first-order valence-corrected chi connectivity index (χ1v) is 10.1. The van der Waals surface area contributed by atoms with Crippen molar-refractivity contribution in [3.8, 4) is 0 Å². The fraction of sp³-hybridized carbons (Fsp3) is 0.571. The van der Waals surface area contributed by atoms with Gasteiger partial charge < -0.3 is 19.8 Å². The Kier molecular flexibility index (Phi) is 4.87. The largest absolute Gasteiger partial charge is 0.481 e. The predicted octanol–water partition coefficient (Wildman–Crippen LogP) is 1.82. The molecule has 4 rings (SSSR count). The summed E-state index contributed by atoms with van der Waals surface area (Å²) in [5.74, 6) is -0.687. The Balaban J connectivity index is 1.50. The van der Waals surface area contributed by atoms with Gasteiger partial charge in [-0.05, 0) is 63.5 Å². The molecular formula is C21H27N3O4. The number of hydrogen-bond acceptors (Lipinski definition) is 4. The van der Waals surface area contributed by atoms with E-state index in [4.69, 9.17) is 0 Å². The molecule has 150 valence electrons. The number of piperidine rings is 2. The second-order valence-corrected chi connectivity index (χ2v) is 8.26. The van der Waals surface area contributed by atoms with Crippen LogP contribution in [-0.2, 0) is 9.59 Å². The van der Waals surface area contributed by atoms with Crippen LogP contribution in [0.25, 0.3) is 0 Å². The molecule has 3 aliphatic heterocycles. The van der Waals surface area contributed by atoms with E-state index in [-0.39, 0.29) is 17.9 Å². The molecule has 3 fully saturated rings. The topological polar surface area (TPSA) is 81.2 Å². The Morgan fingerprint density at radius 3 is 2.46 bits per heavy atom. The molecular weight excluding hydrogens is 358 g/mol. The highest BCUT2D eigenvalue weighted by Gasteiger charge is 2.52. The number of likely N-dealkylation sites (tertiary alicyclic amines) is 2. The molecule has 1 aromatic carbocycles. The lowest BCUT2D eigenvalue weighted by atomic mass is 9.68. The third-order valence-electron chi connectivity index (χ3n) is 6.74. The van der Waals surface area contributed by atoms with Crippen LogP contribution in [0.4, 0.5) is 5.69 Å². The van der Waals surface area contributed by atoms with E-state index in [1.54, 1.807) is 21.9 Å². The lowest BCUT2D eigenvalue weighted by Crippen LogP contribution is -2.63. The molecule has 3 heterocycles. The van der Waals surface area contributed by atoms with Crippen molar-refractivity contribution in [3.05, 3.63) is 29.8 Å². The molecule has 1 aromatic rings. The van der Waals surface area contributed by atoms with Gasteiger partial charge in [-0.2, -0.15) is 0 Å². The third-order valence-corrected chi connectivity index (χ3v) is 6.74. The second kappa shape index (κ2) is 7.20. The van der Waals surface area contributed by atoms with Gasteiger partial charge in [0.25, 0.3) is 5.91 Å². The maximum atomic E-state index is 13.0. The molecule has 1 N–H and O–H groups in total. The maximum absolute atomic E-state index is 13.0. The van der Waals surface area contributed by atoms with Crippen LogP contribution in [0.3, 0.4) is 0 Å². The average Bonchev–Trinajstić information content (AvgIpc) is 3.13. The number of hydrogen-bond donors (Lipinski definition) is 1.